The number of amides is 1. The highest BCUT2D eigenvalue weighted by molar-refractivity contribution is 7.98. The Hall–Kier alpha value is -1.56. The Bertz CT molecular complexity index is 409. The number of aromatic carboxylic acids is 1. The molecule has 0 unspecified atom stereocenters. The van der Waals surface area contributed by atoms with E-state index in [-0.39, 0.29) is 11.6 Å². The molecule has 0 aliphatic carbocycles. The highest BCUT2D eigenvalue weighted by atomic mass is 32.2. The van der Waals surface area contributed by atoms with E-state index in [1.54, 1.807) is 11.8 Å². The highest BCUT2D eigenvalue weighted by Gasteiger charge is 2.09. The van der Waals surface area contributed by atoms with E-state index < -0.39 is 5.97 Å². The second-order valence-electron chi connectivity index (χ2n) is 3.34. The van der Waals surface area contributed by atoms with Crippen LogP contribution in [0.4, 0.5) is 0 Å². The number of hydrogen-bond donors (Lipinski definition) is 2. The van der Waals surface area contributed by atoms with Gasteiger partial charge in [-0.2, -0.15) is 11.8 Å². The molecule has 0 radical (unpaired) electrons. The van der Waals surface area contributed by atoms with Gasteiger partial charge >= 0.3 is 5.97 Å². The molecule has 0 saturated heterocycles. The quantitative estimate of drug-likeness (QED) is 0.747. The van der Waals surface area contributed by atoms with E-state index in [4.69, 9.17) is 5.11 Å². The van der Waals surface area contributed by atoms with E-state index in [0.29, 0.717) is 12.1 Å². The smallest absolute Gasteiger partial charge is 0.354 e. The number of carboxylic acids is 1. The summed E-state index contributed by atoms with van der Waals surface area (Å²) in [5, 5.41) is 11.5. The number of carbonyl (C=O) groups is 2. The van der Waals surface area contributed by atoms with E-state index in [9.17, 15) is 9.59 Å². The molecule has 1 aromatic rings. The largest absolute Gasteiger partial charge is 0.477 e. The van der Waals surface area contributed by atoms with Gasteiger partial charge in [0.1, 0.15) is 5.69 Å². The second-order valence-corrected chi connectivity index (χ2v) is 4.32. The molecule has 92 valence electrons. The standard InChI is InChI=1S/C11H14N2O3S/c1-17-6-2-4-13-10(14)8-3-5-12-9(7-8)11(15)16/h3,5,7H,2,4,6H2,1H3,(H,13,14)(H,15,16). The number of aromatic nitrogens is 1. The fraction of sp³-hybridized carbons (Fsp3) is 0.364. The van der Waals surface area contributed by atoms with Gasteiger partial charge in [-0.25, -0.2) is 9.78 Å². The van der Waals surface area contributed by atoms with Crippen molar-refractivity contribution < 1.29 is 14.7 Å². The summed E-state index contributed by atoms with van der Waals surface area (Å²) in [5.41, 5.74) is 0.198. The number of carboxylic acid groups (broad SMARTS) is 1. The third-order valence-corrected chi connectivity index (χ3v) is 2.75. The number of pyridine rings is 1. The normalized spacial score (nSPS) is 9.94. The fourth-order valence-corrected chi connectivity index (χ4v) is 1.64. The third kappa shape index (κ3) is 4.44. The summed E-state index contributed by atoms with van der Waals surface area (Å²) in [7, 11) is 0. The first-order chi connectivity index (χ1) is 8.15. The first-order valence-corrected chi connectivity index (χ1v) is 6.51. The predicted molar refractivity (Wildman–Crippen MR) is 66.5 cm³/mol. The predicted octanol–water partition coefficient (Wildman–Crippen LogP) is 1.26. The summed E-state index contributed by atoms with van der Waals surface area (Å²) in [5.74, 6) is -0.421. The van der Waals surface area contributed by atoms with Crippen LogP contribution < -0.4 is 5.32 Å². The number of rotatable bonds is 6. The van der Waals surface area contributed by atoms with Crippen molar-refractivity contribution in [2.45, 2.75) is 6.42 Å². The Morgan fingerprint density at radius 2 is 2.29 bits per heavy atom. The van der Waals surface area contributed by atoms with Gasteiger partial charge in [-0.3, -0.25) is 4.79 Å². The van der Waals surface area contributed by atoms with Gasteiger partial charge in [0.15, 0.2) is 0 Å². The maximum atomic E-state index is 11.6. The maximum Gasteiger partial charge on any atom is 0.354 e. The van der Waals surface area contributed by atoms with Crippen LogP contribution in [-0.4, -0.2) is 40.5 Å². The zero-order chi connectivity index (χ0) is 12.7. The molecule has 6 heteroatoms. The molecule has 0 aliphatic heterocycles. The third-order valence-electron chi connectivity index (χ3n) is 2.05. The van der Waals surface area contributed by atoms with Crippen LogP contribution in [0.2, 0.25) is 0 Å². The molecule has 1 aromatic heterocycles. The average molecular weight is 254 g/mol. The molecule has 0 saturated carbocycles. The molecule has 1 amide bonds. The van der Waals surface area contributed by atoms with Crippen molar-refractivity contribution >= 4 is 23.6 Å². The molecular weight excluding hydrogens is 240 g/mol. The molecule has 0 atom stereocenters. The lowest BCUT2D eigenvalue weighted by Gasteiger charge is -2.04. The minimum atomic E-state index is -1.14. The summed E-state index contributed by atoms with van der Waals surface area (Å²) in [6.45, 7) is 0.588. The maximum absolute atomic E-state index is 11.6. The van der Waals surface area contributed by atoms with Crippen LogP contribution in [0.1, 0.15) is 27.3 Å². The topological polar surface area (TPSA) is 79.3 Å². The molecule has 0 aromatic carbocycles. The molecule has 0 spiro atoms. The van der Waals surface area contributed by atoms with E-state index in [1.807, 2.05) is 6.26 Å². The molecule has 1 heterocycles. The summed E-state index contributed by atoms with van der Waals surface area (Å²) >= 11 is 1.72. The van der Waals surface area contributed by atoms with Crippen molar-refractivity contribution in [3.63, 3.8) is 0 Å². The molecule has 5 nitrogen and oxygen atoms in total. The van der Waals surface area contributed by atoms with Gasteiger partial charge in [0.25, 0.3) is 5.91 Å². The Morgan fingerprint density at radius 1 is 1.53 bits per heavy atom. The molecule has 0 bridgehead atoms. The van der Waals surface area contributed by atoms with Crippen molar-refractivity contribution in [3.05, 3.63) is 29.6 Å². The Labute approximate surface area is 104 Å². The monoisotopic (exact) mass is 254 g/mol. The Morgan fingerprint density at radius 3 is 2.94 bits per heavy atom. The average Bonchev–Trinajstić information content (AvgIpc) is 2.34. The van der Waals surface area contributed by atoms with E-state index in [0.717, 1.165) is 12.2 Å². The van der Waals surface area contributed by atoms with Gasteiger partial charge in [-0.15, -0.1) is 0 Å². The Balaban J connectivity index is 2.56. The Kier molecular flexibility index (Phi) is 5.48. The van der Waals surface area contributed by atoms with Crippen molar-refractivity contribution in [3.8, 4) is 0 Å². The van der Waals surface area contributed by atoms with Crippen LogP contribution >= 0.6 is 11.8 Å². The minimum absolute atomic E-state index is 0.123. The van der Waals surface area contributed by atoms with Crippen molar-refractivity contribution in [2.75, 3.05) is 18.6 Å². The second kappa shape index (κ2) is 6.90. The first-order valence-electron chi connectivity index (χ1n) is 5.11. The molecule has 0 aliphatic rings. The summed E-state index contributed by atoms with van der Waals surface area (Å²) in [6, 6.07) is 2.77. The number of hydrogen-bond acceptors (Lipinski definition) is 4. The van der Waals surface area contributed by atoms with Gasteiger partial charge in [0, 0.05) is 18.3 Å². The van der Waals surface area contributed by atoms with Crippen LogP contribution in [0.3, 0.4) is 0 Å². The van der Waals surface area contributed by atoms with Crippen molar-refractivity contribution in [1.29, 1.82) is 0 Å². The zero-order valence-corrected chi connectivity index (χ0v) is 10.3. The van der Waals surface area contributed by atoms with Crippen molar-refractivity contribution in [2.24, 2.45) is 0 Å². The van der Waals surface area contributed by atoms with E-state index >= 15 is 0 Å². The lowest BCUT2D eigenvalue weighted by atomic mass is 10.2. The van der Waals surface area contributed by atoms with Crippen LogP contribution in [0.5, 0.6) is 0 Å². The summed E-state index contributed by atoms with van der Waals surface area (Å²) in [6.07, 6.45) is 4.22. The molecule has 0 fully saturated rings. The molecule has 2 N–H and O–H groups in total. The van der Waals surface area contributed by atoms with Crippen LogP contribution in [0.25, 0.3) is 0 Å². The number of nitrogens with one attached hydrogen (secondary N) is 1. The molecule has 17 heavy (non-hydrogen) atoms. The number of carbonyl (C=O) groups excluding carboxylic acids is 1. The summed E-state index contributed by atoms with van der Waals surface area (Å²) < 4.78 is 0. The summed E-state index contributed by atoms with van der Waals surface area (Å²) in [4.78, 5) is 26.0. The number of nitrogens with zero attached hydrogens (tertiary/aromatic N) is 1. The van der Waals surface area contributed by atoms with Gasteiger partial charge in [0.2, 0.25) is 0 Å². The van der Waals surface area contributed by atoms with Crippen LogP contribution in [0.15, 0.2) is 18.3 Å². The lowest BCUT2D eigenvalue weighted by molar-refractivity contribution is 0.0690. The van der Waals surface area contributed by atoms with Gasteiger partial charge in [0.05, 0.1) is 0 Å². The van der Waals surface area contributed by atoms with Gasteiger partial charge in [-0.05, 0) is 30.6 Å². The zero-order valence-electron chi connectivity index (χ0n) is 9.47. The molecular formula is C11H14N2O3S. The number of thioether (sulfide) groups is 1. The van der Waals surface area contributed by atoms with E-state index in [2.05, 4.69) is 10.3 Å². The lowest BCUT2D eigenvalue weighted by Crippen LogP contribution is -2.25. The van der Waals surface area contributed by atoms with Crippen LogP contribution in [-0.2, 0) is 0 Å². The van der Waals surface area contributed by atoms with Crippen LogP contribution in [0, 0.1) is 0 Å². The van der Waals surface area contributed by atoms with E-state index in [1.165, 1.54) is 18.3 Å². The van der Waals surface area contributed by atoms with Crippen molar-refractivity contribution in [1.82, 2.24) is 10.3 Å². The minimum Gasteiger partial charge on any atom is -0.477 e. The van der Waals surface area contributed by atoms with Gasteiger partial charge in [-0.1, -0.05) is 0 Å². The molecule has 1 rings (SSSR count). The van der Waals surface area contributed by atoms with Gasteiger partial charge < -0.3 is 10.4 Å². The first kappa shape index (κ1) is 13.5. The SMILES string of the molecule is CSCCCNC(=O)c1ccnc(C(=O)O)c1. The fourth-order valence-electron chi connectivity index (χ4n) is 1.21. The highest BCUT2D eigenvalue weighted by Crippen LogP contribution is 2.02.